The zero-order valence-corrected chi connectivity index (χ0v) is 19.4. The number of aryl methyl sites for hydroxylation is 1. The topological polar surface area (TPSA) is 73.5 Å². The van der Waals surface area contributed by atoms with E-state index in [0.717, 1.165) is 35.1 Å². The van der Waals surface area contributed by atoms with Gasteiger partial charge in [-0.1, -0.05) is 6.07 Å². The Labute approximate surface area is 198 Å². The van der Waals surface area contributed by atoms with E-state index in [-0.39, 0.29) is 18.6 Å². The first kappa shape index (κ1) is 21.6. The Hall–Kier alpha value is -2.97. The van der Waals surface area contributed by atoms with Crippen molar-refractivity contribution in [1.29, 1.82) is 0 Å². The largest absolute Gasteiger partial charge is 0.378 e. The molecule has 178 valence electrons. The lowest BCUT2D eigenvalue weighted by Crippen LogP contribution is -2.45. The molecule has 2 aromatic heterocycles. The van der Waals surface area contributed by atoms with Gasteiger partial charge in [-0.15, -0.1) is 0 Å². The molecule has 5 heterocycles. The highest BCUT2D eigenvalue weighted by Gasteiger charge is 2.33. The number of morpholine rings is 1. The Morgan fingerprint density at radius 2 is 2.12 bits per heavy atom. The Morgan fingerprint density at radius 1 is 1.21 bits per heavy atom. The predicted molar refractivity (Wildman–Crippen MR) is 128 cm³/mol. The standard InChI is InChI=1S/C26H30FN5O2/c1-16-11-29-25-21(16)10-19(12-30-25)18-8-17-2-5-32(26(33)31-6-3-20(27)13-31)14-23(17)22(9-18)24-15-34-7-4-28-24/h8-12,20,24,28H,2-7,13-15H2,1H3,(H,29,30). The van der Waals surface area contributed by atoms with Gasteiger partial charge in [0.2, 0.25) is 0 Å². The van der Waals surface area contributed by atoms with Crippen LogP contribution in [0.1, 0.15) is 34.7 Å². The first-order chi connectivity index (χ1) is 16.6. The molecule has 6 rings (SSSR count). The number of pyridine rings is 1. The molecule has 1 aromatic carbocycles. The van der Waals surface area contributed by atoms with Gasteiger partial charge in [-0.25, -0.2) is 14.2 Å². The van der Waals surface area contributed by atoms with Crippen LogP contribution in [0.15, 0.2) is 30.6 Å². The third kappa shape index (κ3) is 3.84. The van der Waals surface area contributed by atoms with Gasteiger partial charge in [0, 0.05) is 49.5 Å². The van der Waals surface area contributed by atoms with Crippen LogP contribution in [-0.4, -0.2) is 71.4 Å². The second kappa shape index (κ2) is 8.67. The van der Waals surface area contributed by atoms with Gasteiger partial charge in [0.05, 0.1) is 25.8 Å². The van der Waals surface area contributed by atoms with Crippen molar-refractivity contribution in [2.24, 2.45) is 0 Å². The van der Waals surface area contributed by atoms with Gasteiger partial charge in [0.15, 0.2) is 0 Å². The molecule has 2 amide bonds. The molecule has 0 bridgehead atoms. The van der Waals surface area contributed by atoms with Crippen LogP contribution in [0, 0.1) is 6.92 Å². The number of hydrogen-bond donors (Lipinski definition) is 2. The quantitative estimate of drug-likeness (QED) is 0.608. The molecule has 34 heavy (non-hydrogen) atoms. The molecule has 2 N–H and O–H groups in total. The van der Waals surface area contributed by atoms with E-state index in [0.29, 0.717) is 39.3 Å². The molecular formula is C26H30FN5O2. The minimum atomic E-state index is -0.905. The highest BCUT2D eigenvalue weighted by molar-refractivity contribution is 5.84. The number of urea groups is 1. The Bertz CT molecular complexity index is 1240. The molecule has 2 atom stereocenters. The van der Waals surface area contributed by atoms with Crippen LogP contribution < -0.4 is 5.32 Å². The van der Waals surface area contributed by atoms with E-state index in [4.69, 9.17) is 4.74 Å². The summed E-state index contributed by atoms with van der Waals surface area (Å²) in [6, 6.07) is 6.71. The first-order valence-corrected chi connectivity index (χ1v) is 12.2. The maximum atomic E-state index is 13.7. The number of benzene rings is 1. The number of carbonyl (C=O) groups excluding carboxylic acids is 1. The van der Waals surface area contributed by atoms with Crippen LogP contribution in [-0.2, 0) is 17.7 Å². The van der Waals surface area contributed by atoms with Crippen LogP contribution in [0.5, 0.6) is 0 Å². The number of ether oxygens (including phenoxy) is 1. The van der Waals surface area contributed by atoms with Gasteiger partial charge in [-0.2, -0.15) is 0 Å². The SMILES string of the molecule is Cc1c[nH]c2ncc(-c3cc4c(c(C5COCCN5)c3)CN(C(=O)N3CCC(F)C3)CC4)cc12. The smallest absolute Gasteiger partial charge is 0.320 e. The minimum absolute atomic E-state index is 0.0498. The summed E-state index contributed by atoms with van der Waals surface area (Å²) in [6.45, 7) is 6.09. The average Bonchev–Trinajstić information content (AvgIpc) is 3.48. The van der Waals surface area contributed by atoms with Crippen molar-refractivity contribution >= 4 is 17.1 Å². The molecule has 3 aliphatic rings. The van der Waals surface area contributed by atoms with E-state index in [1.165, 1.54) is 22.3 Å². The van der Waals surface area contributed by atoms with E-state index < -0.39 is 6.17 Å². The number of aromatic amines is 1. The number of alkyl halides is 1. The minimum Gasteiger partial charge on any atom is -0.378 e. The number of hydrogen-bond acceptors (Lipinski definition) is 4. The molecule has 7 nitrogen and oxygen atoms in total. The summed E-state index contributed by atoms with van der Waals surface area (Å²) in [5.41, 5.74) is 7.93. The summed E-state index contributed by atoms with van der Waals surface area (Å²) in [5.74, 6) is 0. The van der Waals surface area contributed by atoms with Crippen LogP contribution in [0.4, 0.5) is 9.18 Å². The highest BCUT2D eigenvalue weighted by atomic mass is 19.1. The lowest BCUT2D eigenvalue weighted by molar-refractivity contribution is 0.0762. The first-order valence-electron chi connectivity index (χ1n) is 12.2. The monoisotopic (exact) mass is 463 g/mol. The van der Waals surface area contributed by atoms with Gasteiger partial charge in [0.25, 0.3) is 0 Å². The summed E-state index contributed by atoms with van der Waals surface area (Å²) in [7, 11) is 0. The van der Waals surface area contributed by atoms with Crippen molar-refractivity contribution in [3.63, 3.8) is 0 Å². The number of halogens is 1. The lowest BCUT2D eigenvalue weighted by atomic mass is 9.87. The van der Waals surface area contributed by atoms with E-state index in [2.05, 4.69) is 40.4 Å². The van der Waals surface area contributed by atoms with Gasteiger partial charge in [0.1, 0.15) is 11.8 Å². The summed E-state index contributed by atoms with van der Waals surface area (Å²) in [4.78, 5) is 24.5. The number of nitrogens with zero attached hydrogens (tertiary/aromatic N) is 3. The third-order valence-electron chi connectivity index (χ3n) is 7.42. The van der Waals surface area contributed by atoms with Crippen LogP contribution in [0.25, 0.3) is 22.2 Å². The Kier molecular flexibility index (Phi) is 5.50. The fourth-order valence-corrected chi connectivity index (χ4v) is 5.49. The van der Waals surface area contributed by atoms with E-state index in [1.807, 2.05) is 17.3 Å². The number of carbonyl (C=O) groups is 1. The van der Waals surface area contributed by atoms with E-state index in [9.17, 15) is 9.18 Å². The molecule has 0 radical (unpaired) electrons. The van der Waals surface area contributed by atoms with E-state index in [1.54, 1.807) is 4.90 Å². The fourth-order valence-electron chi connectivity index (χ4n) is 5.49. The van der Waals surface area contributed by atoms with Gasteiger partial charge in [-0.3, -0.25) is 0 Å². The second-order valence-electron chi connectivity index (χ2n) is 9.66. The number of H-pyrrole nitrogens is 1. The summed E-state index contributed by atoms with van der Waals surface area (Å²) in [6.07, 6.45) is 4.22. The maximum absolute atomic E-state index is 13.7. The third-order valence-corrected chi connectivity index (χ3v) is 7.42. The van der Waals surface area contributed by atoms with Gasteiger partial charge in [-0.05, 0) is 59.7 Å². The summed E-state index contributed by atoms with van der Waals surface area (Å²) >= 11 is 0. The lowest BCUT2D eigenvalue weighted by Gasteiger charge is -2.35. The van der Waals surface area contributed by atoms with Crippen molar-refractivity contribution in [3.05, 3.63) is 52.8 Å². The molecule has 2 unspecified atom stereocenters. The highest BCUT2D eigenvalue weighted by Crippen LogP contribution is 2.35. The second-order valence-corrected chi connectivity index (χ2v) is 9.66. The predicted octanol–water partition coefficient (Wildman–Crippen LogP) is 3.72. The van der Waals surface area contributed by atoms with Crippen molar-refractivity contribution in [1.82, 2.24) is 25.1 Å². The van der Waals surface area contributed by atoms with Gasteiger partial charge >= 0.3 is 6.03 Å². The van der Waals surface area contributed by atoms with Gasteiger partial charge < -0.3 is 24.8 Å². The molecule has 0 saturated carbocycles. The van der Waals surface area contributed by atoms with Crippen molar-refractivity contribution in [2.45, 2.75) is 38.5 Å². The molecule has 3 aliphatic heterocycles. The maximum Gasteiger partial charge on any atom is 0.320 e. The fraction of sp³-hybridized carbons (Fsp3) is 0.462. The van der Waals surface area contributed by atoms with Crippen molar-refractivity contribution in [2.75, 3.05) is 39.4 Å². The number of aromatic nitrogens is 2. The number of rotatable bonds is 2. The summed E-state index contributed by atoms with van der Waals surface area (Å²) < 4.78 is 19.5. The molecular weight excluding hydrogens is 433 g/mol. The van der Waals surface area contributed by atoms with Crippen LogP contribution in [0.2, 0.25) is 0 Å². The Morgan fingerprint density at radius 3 is 2.91 bits per heavy atom. The molecule has 8 heteroatoms. The normalized spacial score (nSPS) is 22.9. The molecule has 0 aliphatic carbocycles. The Balaban J connectivity index is 1.37. The number of amides is 2. The average molecular weight is 464 g/mol. The molecule has 2 saturated heterocycles. The number of fused-ring (bicyclic) bond motifs is 2. The molecule has 0 spiro atoms. The van der Waals surface area contributed by atoms with Crippen molar-refractivity contribution < 1.29 is 13.9 Å². The van der Waals surface area contributed by atoms with E-state index >= 15 is 0 Å². The number of nitrogens with one attached hydrogen (secondary N) is 2. The summed E-state index contributed by atoms with van der Waals surface area (Å²) in [5, 5.41) is 4.72. The zero-order valence-electron chi connectivity index (χ0n) is 19.4. The van der Waals surface area contributed by atoms with Crippen molar-refractivity contribution in [3.8, 4) is 11.1 Å². The molecule has 2 fully saturated rings. The molecule has 3 aromatic rings. The van der Waals surface area contributed by atoms with Crippen LogP contribution >= 0.6 is 0 Å². The number of likely N-dealkylation sites (tertiary alicyclic amines) is 1. The van der Waals surface area contributed by atoms with Crippen LogP contribution in [0.3, 0.4) is 0 Å². The zero-order chi connectivity index (χ0) is 23.2.